The molecule has 0 saturated carbocycles. The first kappa shape index (κ1) is 13.8. The van der Waals surface area contributed by atoms with Gasteiger partial charge in [0.2, 0.25) is 0 Å². The normalized spacial score (nSPS) is 10.5. The minimum absolute atomic E-state index is 0. The highest BCUT2D eigenvalue weighted by atomic mass is 79.9. The third-order valence-electron chi connectivity index (χ3n) is 3.33. The molecule has 19 heavy (non-hydrogen) atoms. The summed E-state index contributed by atoms with van der Waals surface area (Å²) in [4.78, 5) is 4.72. The van der Waals surface area contributed by atoms with Crippen LogP contribution in [0.25, 0.3) is 16.9 Å². The third-order valence-corrected chi connectivity index (χ3v) is 3.33. The van der Waals surface area contributed by atoms with Crippen LogP contribution in [-0.4, -0.2) is 9.38 Å². The van der Waals surface area contributed by atoms with Gasteiger partial charge in [-0.05, 0) is 32.4 Å². The Labute approximate surface area is 123 Å². The zero-order valence-electron chi connectivity index (χ0n) is 11.3. The van der Waals surface area contributed by atoms with Gasteiger partial charge in [0.15, 0.2) is 0 Å². The first-order valence-electron chi connectivity index (χ1n) is 6.17. The minimum atomic E-state index is 0. The summed E-state index contributed by atoms with van der Waals surface area (Å²) in [6, 6.07) is 12.7. The van der Waals surface area contributed by atoms with Crippen molar-refractivity contribution >= 4 is 22.6 Å². The molecule has 2 nitrogen and oxygen atoms in total. The highest BCUT2D eigenvalue weighted by molar-refractivity contribution is 8.93. The Hall–Kier alpha value is -1.61. The summed E-state index contributed by atoms with van der Waals surface area (Å²) in [5.41, 5.74) is 6.97. The summed E-state index contributed by atoms with van der Waals surface area (Å²) in [5, 5.41) is 0. The van der Waals surface area contributed by atoms with Gasteiger partial charge in [0.25, 0.3) is 0 Å². The first-order chi connectivity index (χ1) is 8.65. The van der Waals surface area contributed by atoms with E-state index in [1.54, 1.807) is 0 Å². The molecule has 3 heteroatoms. The van der Waals surface area contributed by atoms with Gasteiger partial charge in [-0.25, -0.2) is 4.98 Å². The van der Waals surface area contributed by atoms with Crippen LogP contribution < -0.4 is 0 Å². The number of nitrogens with zero attached hydrogens (tertiary/aromatic N) is 2. The standard InChI is InChI=1S/C16H16N2.BrH/c1-11-4-7-14(8-5-11)16-13(3)18-10-12(2)6-9-15(18)17-16;/h4-10H,1-3H3;1H. The topological polar surface area (TPSA) is 17.3 Å². The molecular formula is C16H17BrN2. The van der Waals surface area contributed by atoms with E-state index in [2.05, 4.69) is 67.8 Å². The molecule has 0 atom stereocenters. The molecule has 0 saturated heterocycles. The van der Waals surface area contributed by atoms with Crippen molar-refractivity contribution in [2.75, 3.05) is 0 Å². The van der Waals surface area contributed by atoms with Crippen LogP contribution in [0.1, 0.15) is 16.8 Å². The van der Waals surface area contributed by atoms with Crippen molar-refractivity contribution < 1.29 is 0 Å². The number of benzene rings is 1. The van der Waals surface area contributed by atoms with Crippen molar-refractivity contribution in [2.24, 2.45) is 0 Å². The van der Waals surface area contributed by atoms with Crippen LogP contribution in [0.15, 0.2) is 42.6 Å². The van der Waals surface area contributed by atoms with E-state index in [1.165, 1.54) is 22.4 Å². The lowest BCUT2D eigenvalue weighted by atomic mass is 10.1. The van der Waals surface area contributed by atoms with Crippen LogP contribution in [0.5, 0.6) is 0 Å². The molecule has 0 N–H and O–H groups in total. The van der Waals surface area contributed by atoms with Crippen LogP contribution in [0, 0.1) is 20.8 Å². The van der Waals surface area contributed by atoms with Crippen LogP contribution in [0.2, 0.25) is 0 Å². The van der Waals surface area contributed by atoms with Gasteiger partial charge in [-0.2, -0.15) is 0 Å². The predicted octanol–water partition coefficient (Wildman–Crippen LogP) is 4.50. The van der Waals surface area contributed by atoms with E-state index in [1.807, 2.05) is 0 Å². The summed E-state index contributed by atoms with van der Waals surface area (Å²) in [5.74, 6) is 0. The maximum absolute atomic E-state index is 4.72. The Morgan fingerprint density at radius 2 is 1.47 bits per heavy atom. The van der Waals surface area contributed by atoms with E-state index in [4.69, 9.17) is 4.98 Å². The molecule has 0 fully saturated rings. The van der Waals surface area contributed by atoms with E-state index in [0.29, 0.717) is 0 Å². The largest absolute Gasteiger partial charge is 0.303 e. The molecule has 0 aliphatic carbocycles. The fraction of sp³-hybridized carbons (Fsp3) is 0.188. The fourth-order valence-electron chi connectivity index (χ4n) is 2.25. The van der Waals surface area contributed by atoms with Crippen LogP contribution in [0.4, 0.5) is 0 Å². The number of halogens is 1. The molecule has 3 aromatic rings. The second-order valence-corrected chi connectivity index (χ2v) is 4.85. The van der Waals surface area contributed by atoms with Crippen LogP contribution in [0.3, 0.4) is 0 Å². The second-order valence-electron chi connectivity index (χ2n) is 4.85. The predicted molar refractivity (Wildman–Crippen MR) is 85.2 cm³/mol. The summed E-state index contributed by atoms with van der Waals surface area (Å²) in [6.07, 6.45) is 2.13. The summed E-state index contributed by atoms with van der Waals surface area (Å²) in [7, 11) is 0. The molecule has 0 spiro atoms. The molecule has 0 aliphatic rings. The molecule has 2 aromatic heterocycles. The SMILES string of the molecule is Br.Cc1ccc(-c2nc3ccc(C)cn3c2C)cc1. The van der Waals surface area contributed by atoms with Crippen LogP contribution >= 0.6 is 17.0 Å². The quantitative estimate of drug-likeness (QED) is 0.646. The molecule has 0 aliphatic heterocycles. The number of imidazole rings is 1. The number of fused-ring (bicyclic) bond motifs is 1. The van der Waals surface area contributed by atoms with Crippen molar-refractivity contribution in [1.82, 2.24) is 9.38 Å². The van der Waals surface area contributed by atoms with Crippen molar-refractivity contribution in [3.8, 4) is 11.3 Å². The molecule has 0 radical (unpaired) electrons. The Morgan fingerprint density at radius 1 is 0.842 bits per heavy atom. The smallest absolute Gasteiger partial charge is 0.137 e. The Kier molecular flexibility index (Phi) is 3.76. The molecule has 0 unspecified atom stereocenters. The average Bonchev–Trinajstić information content (AvgIpc) is 2.68. The summed E-state index contributed by atoms with van der Waals surface area (Å²) < 4.78 is 2.16. The van der Waals surface area contributed by atoms with Gasteiger partial charge in [-0.1, -0.05) is 35.9 Å². The van der Waals surface area contributed by atoms with Gasteiger partial charge in [-0.15, -0.1) is 17.0 Å². The van der Waals surface area contributed by atoms with E-state index >= 15 is 0 Å². The molecule has 3 rings (SSSR count). The van der Waals surface area contributed by atoms with Gasteiger partial charge >= 0.3 is 0 Å². The molecular weight excluding hydrogens is 300 g/mol. The third kappa shape index (κ3) is 2.43. The average molecular weight is 317 g/mol. The number of hydrogen-bond donors (Lipinski definition) is 0. The maximum Gasteiger partial charge on any atom is 0.137 e. The van der Waals surface area contributed by atoms with Crippen LogP contribution in [-0.2, 0) is 0 Å². The summed E-state index contributed by atoms with van der Waals surface area (Å²) >= 11 is 0. The van der Waals surface area contributed by atoms with E-state index < -0.39 is 0 Å². The number of hydrogen-bond acceptors (Lipinski definition) is 1. The van der Waals surface area contributed by atoms with E-state index in [0.717, 1.165) is 11.3 Å². The maximum atomic E-state index is 4.72. The second kappa shape index (κ2) is 5.17. The highest BCUT2D eigenvalue weighted by Gasteiger charge is 2.09. The fourth-order valence-corrected chi connectivity index (χ4v) is 2.25. The molecule has 98 valence electrons. The Bertz CT molecular complexity index is 711. The highest BCUT2D eigenvalue weighted by Crippen LogP contribution is 2.24. The lowest BCUT2D eigenvalue weighted by Gasteiger charge is -2.00. The van der Waals surface area contributed by atoms with Gasteiger partial charge in [0, 0.05) is 17.5 Å². The molecule has 1 aromatic carbocycles. The molecule has 0 amide bonds. The number of rotatable bonds is 1. The lowest BCUT2D eigenvalue weighted by Crippen LogP contribution is -1.88. The number of aryl methyl sites for hydroxylation is 3. The Balaban J connectivity index is 0.00000133. The van der Waals surface area contributed by atoms with Gasteiger partial charge in [-0.3, -0.25) is 0 Å². The Morgan fingerprint density at radius 3 is 2.16 bits per heavy atom. The monoisotopic (exact) mass is 316 g/mol. The zero-order valence-corrected chi connectivity index (χ0v) is 13.1. The number of aromatic nitrogens is 2. The van der Waals surface area contributed by atoms with E-state index in [9.17, 15) is 0 Å². The summed E-state index contributed by atoms with van der Waals surface area (Å²) in [6.45, 7) is 6.32. The van der Waals surface area contributed by atoms with Crippen molar-refractivity contribution in [2.45, 2.75) is 20.8 Å². The minimum Gasteiger partial charge on any atom is -0.303 e. The first-order valence-corrected chi connectivity index (χ1v) is 6.17. The van der Waals surface area contributed by atoms with E-state index in [-0.39, 0.29) is 17.0 Å². The zero-order chi connectivity index (χ0) is 12.7. The van der Waals surface area contributed by atoms with Crippen molar-refractivity contribution in [3.63, 3.8) is 0 Å². The van der Waals surface area contributed by atoms with Gasteiger partial charge in [0.1, 0.15) is 5.65 Å². The number of pyridine rings is 1. The van der Waals surface area contributed by atoms with Crippen molar-refractivity contribution in [1.29, 1.82) is 0 Å². The van der Waals surface area contributed by atoms with Gasteiger partial charge < -0.3 is 4.40 Å². The molecule has 0 bridgehead atoms. The lowest BCUT2D eigenvalue weighted by molar-refractivity contribution is 1.09. The molecule has 2 heterocycles. The van der Waals surface area contributed by atoms with Crippen molar-refractivity contribution in [3.05, 3.63) is 59.4 Å². The van der Waals surface area contributed by atoms with Gasteiger partial charge in [0.05, 0.1) is 5.69 Å².